The van der Waals surface area contributed by atoms with Gasteiger partial charge in [0.1, 0.15) is 6.10 Å². The summed E-state index contributed by atoms with van der Waals surface area (Å²) in [7, 11) is -4.74. The fraction of sp³-hybridized carbons (Fsp3) is 0.533. The highest BCUT2D eigenvalue weighted by Gasteiger charge is 2.17. The standard InChI is InChI=1S/C30H42N2O7S2/c1-3-4-5-8-25-10-12-28-22-26(11-13-27(28)21-25)9-6-16-37-23-29(39-30-31-14-7-15-32-30)24-40(33)20-19-36-17-18-38-41(2,34)35/h7,10-15,21-22,29H,3-6,8-9,16-20,23-24H2,1-2H3. The molecule has 2 atom stereocenters. The van der Waals surface area contributed by atoms with E-state index in [1.807, 2.05) is 0 Å². The van der Waals surface area contributed by atoms with Crippen molar-refractivity contribution in [2.45, 2.75) is 51.6 Å². The molecule has 0 aliphatic carbocycles. The van der Waals surface area contributed by atoms with Crippen molar-refractivity contribution >= 4 is 31.7 Å². The van der Waals surface area contributed by atoms with Gasteiger partial charge >= 0.3 is 6.01 Å². The molecule has 0 aliphatic heterocycles. The molecule has 0 fully saturated rings. The zero-order valence-corrected chi connectivity index (χ0v) is 25.7. The number of aryl methyl sites for hydroxylation is 2. The molecule has 0 spiro atoms. The number of hydrogen-bond donors (Lipinski definition) is 0. The Morgan fingerprint density at radius 3 is 2.20 bits per heavy atom. The zero-order chi connectivity index (χ0) is 29.3. The van der Waals surface area contributed by atoms with Gasteiger partial charge in [-0.1, -0.05) is 56.2 Å². The Morgan fingerprint density at radius 2 is 1.54 bits per heavy atom. The monoisotopic (exact) mass is 606 g/mol. The average Bonchev–Trinajstić information content (AvgIpc) is 2.94. The summed E-state index contributed by atoms with van der Waals surface area (Å²) in [4.78, 5) is 8.20. The first-order chi connectivity index (χ1) is 19.8. The van der Waals surface area contributed by atoms with Gasteiger partial charge < -0.3 is 14.2 Å². The van der Waals surface area contributed by atoms with Crippen LogP contribution in [0.1, 0.15) is 43.7 Å². The van der Waals surface area contributed by atoms with Crippen LogP contribution in [-0.2, 0) is 47.4 Å². The molecule has 9 nitrogen and oxygen atoms in total. The Balaban J connectivity index is 1.41. The molecule has 41 heavy (non-hydrogen) atoms. The van der Waals surface area contributed by atoms with Crippen LogP contribution in [-0.4, -0.2) is 79.5 Å². The number of benzene rings is 2. The van der Waals surface area contributed by atoms with Gasteiger partial charge in [-0.2, -0.15) is 8.42 Å². The lowest BCUT2D eigenvalue weighted by Crippen LogP contribution is -2.31. The van der Waals surface area contributed by atoms with Gasteiger partial charge in [0.25, 0.3) is 10.1 Å². The van der Waals surface area contributed by atoms with Crippen molar-refractivity contribution in [1.29, 1.82) is 0 Å². The minimum absolute atomic E-state index is 0.0738. The Bertz CT molecular complexity index is 1310. The number of rotatable bonds is 21. The molecule has 2 aromatic carbocycles. The van der Waals surface area contributed by atoms with E-state index in [1.54, 1.807) is 18.5 Å². The highest BCUT2D eigenvalue weighted by Crippen LogP contribution is 2.20. The second kappa shape index (κ2) is 18.2. The van der Waals surface area contributed by atoms with Gasteiger partial charge in [0, 0.05) is 35.6 Å². The maximum absolute atomic E-state index is 12.6. The molecule has 0 saturated heterocycles. The van der Waals surface area contributed by atoms with Crippen molar-refractivity contribution in [1.82, 2.24) is 9.97 Å². The van der Waals surface area contributed by atoms with Gasteiger partial charge in [-0.05, 0) is 53.6 Å². The third-order valence-corrected chi connectivity index (χ3v) is 8.22. The van der Waals surface area contributed by atoms with Crippen molar-refractivity contribution in [2.24, 2.45) is 0 Å². The van der Waals surface area contributed by atoms with Crippen molar-refractivity contribution in [2.75, 3.05) is 50.8 Å². The topological polar surface area (TPSA) is 114 Å². The minimum Gasteiger partial charge on any atom is -0.457 e. The second-order valence-corrected chi connectivity index (χ2v) is 13.1. The molecule has 11 heteroatoms. The summed E-state index contributed by atoms with van der Waals surface area (Å²) in [5, 5.41) is 2.54. The smallest absolute Gasteiger partial charge is 0.316 e. The molecular weight excluding hydrogens is 564 g/mol. The lowest BCUT2D eigenvalue weighted by atomic mass is 10.00. The van der Waals surface area contributed by atoms with Crippen LogP contribution in [0.4, 0.5) is 0 Å². The van der Waals surface area contributed by atoms with E-state index >= 15 is 0 Å². The average molecular weight is 607 g/mol. The highest BCUT2D eigenvalue weighted by atomic mass is 32.2. The summed E-state index contributed by atoms with van der Waals surface area (Å²) in [6.45, 7) is 3.26. The third-order valence-electron chi connectivity index (χ3n) is 6.26. The van der Waals surface area contributed by atoms with Crippen LogP contribution in [0, 0.1) is 0 Å². The molecule has 0 N–H and O–H groups in total. The summed E-state index contributed by atoms with van der Waals surface area (Å²) < 4.78 is 56.3. The molecule has 0 aliphatic rings. The van der Waals surface area contributed by atoms with Crippen LogP contribution in [0.25, 0.3) is 10.8 Å². The molecule has 0 bridgehead atoms. The van der Waals surface area contributed by atoms with Crippen molar-refractivity contribution in [3.63, 3.8) is 0 Å². The maximum atomic E-state index is 12.6. The summed E-state index contributed by atoms with van der Waals surface area (Å²) in [6, 6.07) is 15.3. The predicted molar refractivity (Wildman–Crippen MR) is 162 cm³/mol. The molecule has 1 heterocycles. The van der Waals surface area contributed by atoms with E-state index in [1.165, 1.54) is 41.2 Å². The van der Waals surface area contributed by atoms with Crippen LogP contribution >= 0.6 is 0 Å². The lowest BCUT2D eigenvalue weighted by molar-refractivity contribution is 0.0546. The summed E-state index contributed by atoms with van der Waals surface area (Å²) in [6.07, 6.45) is 10.3. The van der Waals surface area contributed by atoms with Crippen LogP contribution in [0.3, 0.4) is 0 Å². The fourth-order valence-electron chi connectivity index (χ4n) is 4.23. The molecule has 0 saturated carbocycles. The first kappa shape index (κ1) is 33.1. The zero-order valence-electron chi connectivity index (χ0n) is 24.0. The lowest BCUT2D eigenvalue weighted by Gasteiger charge is -2.18. The van der Waals surface area contributed by atoms with Crippen molar-refractivity contribution < 1.29 is 31.0 Å². The van der Waals surface area contributed by atoms with Gasteiger partial charge in [0.2, 0.25) is 0 Å². The molecule has 3 aromatic rings. The van der Waals surface area contributed by atoms with Crippen molar-refractivity contribution in [3.05, 3.63) is 66.0 Å². The van der Waals surface area contributed by atoms with E-state index in [0.717, 1.165) is 25.5 Å². The van der Waals surface area contributed by atoms with E-state index in [0.29, 0.717) is 6.61 Å². The number of hydrogen-bond acceptors (Lipinski definition) is 9. The van der Waals surface area contributed by atoms with E-state index in [2.05, 4.69) is 57.5 Å². The maximum Gasteiger partial charge on any atom is 0.316 e. The second-order valence-electron chi connectivity index (χ2n) is 9.87. The first-order valence-electron chi connectivity index (χ1n) is 14.1. The van der Waals surface area contributed by atoms with Gasteiger partial charge in [-0.25, -0.2) is 9.97 Å². The molecule has 0 amide bonds. The molecule has 226 valence electrons. The van der Waals surface area contributed by atoms with Crippen molar-refractivity contribution in [3.8, 4) is 6.01 Å². The predicted octanol–water partition coefficient (Wildman–Crippen LogP) is 4.50. The SMILES string of the molecule is CCCCCc1ccc2cc(CCCOCC(CS(=O)CCOCCOS(C)(=O)=O)Oc3ncccn3)ccc2c1. The Kier molecular flexibility index (Phi) is 14.7. The van der Waals surface area contributed by atoms with Gasteiger partial charge in [-0.3, -0.25) is 8.39 Å². The normalized spacial score (nSPS) is 13.3. The van der Waals surface area contributed by atoms with E-state index in [9.17, 15) is 12.6 Å². The van der Waals surface area contributed by atoms with Crippen LogP contribution in [0.5, 0.6) is 6.01 Å². The summed E-state index contributed by atoms with van der Waals surface area (Å²) in [5.74, 6) is 0.503. The molecule has 2 unspecified atom stereocenters. The Labute approximate surface area is 246 Å². The number of ether oxygens (including phenoxy) is 3. The number of aromatic nitrogens is 2. The van der Waals surface area contributed by atoms with Crippen LogP contribution < -0.4 is 4.74 Å². The Morgan fingerprint density at radius 1 is 0.854 bits per heavy atom. The molecule has 0 radical (unpaired) electrons. The van der Waals surface area contributed by atoms with E-state index < -0.39 is 27.0 Å². The van der Waals surface area contributed by atoms with E-state index in [4.69, 9.17) is 14.2 Å². The van der Waals surface area contributed by atoms with Crippen LogP contribution in [0.15, 0.2) is 54.9 Å². The minimum atomic E-state index is -3.50. The van der Waals surface area contributed by atoms with Crippen LogP contribution in [0.2, 0.25) is 0 Å². The number of unbranched alkanes of at least 4 members (excludes halogenated alkanes) is 2. The molecular formula is C30H42N2O7S2. The Hall–Kier alpha value is -2.44. The van der Waals surface area contributed by atoms with Gasteiger partial charge in [0.15, 0.2) is 0 Å². The largest absolute Gasteiger partial charge is 0.457 e. The molecule has 1 aromatic heterocycles. The summed E-state index contributed by atoms with van der Waals surface area (Å²) in [5.41, 5.74) is 2.67. The molecule has 3 rings (SSSR count). The number of nitrogens with zero attached hydrogens (tertiary/aromatic N) is 2. The van der Waals surface area contributed by atoms with Gasteiger partial charge in [0.05, 0.1) is 38.4 Å². The fourth-order valence-corrected chi connectivity index (χ4v) is 5.65. The third kappa shape index (κ3) is 13.8. The number of fused-ring (bicyclic) bond motifs is 1. The van der Waals surface area contributed by atoms with E-state index in [-0.39, 0.29) is 43.9 Å². The van der Waals surface area contributed by atoms with Gasteiger partial charge in [-0.15, -0.1) is 0 Å². The first-order valence-corrected chi connectivity index (χ1v) is 17.4. The highest BCUT2D eigenvalue weighted by molar-refractivity contribution is 7.86. The quantitative estimate of drug-likeness (QED) is 0.128. The summed E-state index contributed by atoms with van der Waals surface area (Å²) >= 11 is 0.